The van der Waals surface area contributed by atoms with Crippen molar-refractivity contribution in [2.75, 3.05) is 40.4 Å². The molecule has 2 aromatic rings. The van der Waals surface area contributed by atoms with Crippen molar-refractivity contribution < 1.29 is 24.2 Å². The van der Waals surface area contributed by atoms with Crippen LogP contribution in [0.5, 0.6) is 11.5 Å². The molecule has 1 fully saturated rings. The fourth-order valence-corrected chi connectivity index (χ4v) is 4.37. The monoisotopic (exact) mass is 506 g/mol. The van der Waals surface area contributed by atoms with Gasteiger partial charge in [0.25, 0.3) is 11.7 Å². The van der Waals surface area contributed by atoms with Gasteiger partial charge in [0.1, 0.15) is 5.76 Å². The van der Waals surface area contributed by atoms with Crippen molar-refractivity contribution in [3.05, 3.63) is 63.1 Å². The van der Waals surface area contributed by atoms with Gasteiger partial charge in [-0.25, -0.2) is 0 Å². The molecule has 0 spiro atoms. The van der Waals surface area contributed by atoms with Crippen LogP contribution in [0.25, 0.3) is 5.76 Å². The largest absolute Gasteiger partial charge is 0.507 e. The van der Waals surface area contributed by atoms with Crippen LogP contribution in [0, 0.1) is 0 Å². The van der Waals surface area contributed by atoms with Gasteiger partial charge < -0.3 is 24.4 Å². The number of hydrogen-bond acceptors (Lipinski definition) is 6. The summed E-state index contributed by atoms with van der Waals surface area (Å²) >= 11 is 12.2. The number of aliphatic hydroxyl groups is 1. The highest BCUT2D eigenvalue weighted by Gasteiger charge is 2.46. The van der Waals surface area contributed by atoms with Crippen LogP contribution in [-0.2, 0) is 9.59 Å². The lowest BCUT2D eigenvalue weighted by Crippen LogP contribution is -2.38. The summed E-state index contributed by atoms with van der Waals surface area (Å²) in [4.78, 5) is 30.0. The summed E-state index contributed by atoms with van der Waals surface area (Å²) in [6.45, 7) is 6.58. The highest BCUT2D eigenvalue weighted by atomic mass is 35.5. The van der Waals surface area contributed by atoms with E-state index in [0.717, 1.165) is 13.1 Å². The van der Waals surface area contributed by atoms with E-state index in [2.05, 4.69) is 4.90 Å². The van der Waals surface area contributed by atoms with Crippen molar-refractivity contribution in [2.45, 2.75) is 19.9 Å². The molecule has 0 bridgehead atoms. The molecule has 2 aromatic carbocycles. The normalized spacial score (nSPS) is 17.5. The summed E-state index contributed by atoms with van der Waals surface area (Å²) < 4.78 is 10.8. The zero-order valence-electron chi connectivity index (χ0n) is 19.6. The number of nitrogens with zero attached hydrogens (tertiary/aromatic N) is 2. The number of methoxy groups -OCH3 is 2. The van der Waals surface area contributed by atoms with Crippen LogP contribution in [-0.4, -0.2) is 67.0 Å². The molecule has 0 saturated carbocycles. The molecule has 1 aliphatic rings. The van der Waals surface area contributed by atoms with Crippen molar-refractivity contribution in [3.63, 3.8) is 0 Å². The summed E-state index contributed by atoms with van der Waals surface area (Å²) in [7, 11) is 3.03. The van der Waals surface area contributed by atoms with Gasteiger partial charge in [-0.3, -0.25) is 9.59 Å². The maximum absolute atomic E-state index is 13.2. The van der Waals surface area contributed by atoms with E-state index < -0.39 is 17.7 Å². The van der Waals surface area contributed by atoms with Gasteiger partial charge in [0, 0.05) is 18.7 Å². The third-order valence-electron chi connectivity index (χ3n) is 6.01. The first-order chi connectivity index (χ1) is 16.3. The number of likely N-dealkylation sites (N-methyl/N-ethyl adjacent to an activating group) is 1. The average Bonchev–Trinajstić information content (AvgIpc) is 3.10. The first kappa shape index (κ1) is 25.9. The Morgan fingerprint density at radius 1 is 1.00 bits per heavy atom. The van der Waals surface area contributed by atoms with Gasteiger partial charge in [0.15, 0.2) is 11.5 Å². The Bertz CT molecular complexity index is 1110. The molecule has 1 aliphatic heterocycles. The van der Waals surface area contributed by atoms with E-state index in [1.54, 1.807) is 24.3 Å². The minimum Gasteiger partial charge on any atom is -0.507 e. The number of benzene rings is 2. The molecular formula is C25H28Cl2N2O5. The van der Waals surface area contributed by atoms with Crippen LogP contribution in [0.4, 0.5) is 0 Å². The number of carbonyl (C=O) groups is 2. The van der Waals surface area contributed by atoms with Crippen molar-refractivity contribution in [1.29, 1.82) is 0 Å². The molecule has 0 aliphatic carbocycles. The third kappa shape index (κ3) is 5.02. The molecule has 0 radical (unpaired) electrons. The number of hydrogen-bond donors (Lipinski definition) is 1. The predicted molar refractivity (Wildman–Crippen MR) is 133 cm³/mol. The molecule has 9 heteroatoms. The second-order valence-corrected chi connectivity index (χ2v) is 8.58. The lowest BCUT2D eigenvalue weighted by atomic mass is 9.95. The third-order valence-corrected chi connectivity index (χ3v) is 6.75. The number of halogens is 2. The van der Waals surface area contributed by atoms with Crippen molar-refractivity contribution in [3.8, 4) is 11.5 Å². The number of rotatable bonds is 9. The Labute approximate surface area is 209 Å². The number of ether oxygens (including phenoxy) is 2. The molecule has 1 saturated heterocycles. The number of carbonyl (C=O) groups excluding carboxylic acids is 2. The summed E-state index contributed by atoms with van der Waals surface area (Å²) in [5.41, 5.74) is 0.884. The maximum atomic E-state index is 13.2. The lowest BCUT2D eigenvalue weighted by molar-refractivity contribution is -0.140. The SMILES string of the molecule is CCN(CC)CCN1C(=O)C(=O)/C(=C(\O)c2ccc(Cl)c(Cl)c2)C1c1ccc(OC)c(OC)c1. The fourth-order valence-electron chi connectivity index (χ4n) is 4.07. The standard InChI is InChI=1S/C25H28Cl2N2O5/c1-5-28(6-2)11-12-29-22(15-8-10-19(33-3)20(14-15)34-4)21(24(31)25(29)32)23(30)16-7-9-17(26)18(27)13-16/h7-10,13-14,22,30H,5-6,11-12H2,1-4H3/b23-21-. The average molecular weight is 507 g/mol. The van der Waals surface area contributed by atoms with Gasteiger partial charge >= 0.3 is 0 Å². The Morgan fingerprint density at radius 3 is 2.26 bits per heavy atom. The fraction of sp³-hybridized carbons (Fsp3) is 0.360. The van der Waals surface area contributed by atoms with Crippen molar-refractivity contribution in [2.24, 2.45) is 0 Å². The highest BCUT2D eigenvalue weighted by molar-refractivity contribution is 6.46. The zero-order chi connectivity index (χ0) is 25.0. The van der Waals surface area contributed by atoms with Gasteiger partial charge in [-0.15, -0.1) is 0 Å². The Morgan fingerprint density at radius 2 is 1.68 bits per heavy atom. The minimum absolute atomic E-state index is 0.0184. The Hall–Kier alpha value is -2.74. The van der Waals surface area contributed by atoms with E-state index in [4.69, 9.17) is 32.7 Å². The minimum atomic E-state index is -0.815. The molecule has 7 nitrogen and oxygen atoms in total. The quantitative estimate of drug-likeness (QED) is 0.299. The van der Waals surface area contributed by atoms with E-state index in [-0.39, 0.29) is 16.4 Å². The van der Waals surface area contributed by atoms with Gasteiger partial charge in [0.05, 0.1) is 35.9 Å². The van der Waals surface area contributed by atoms with E-state index in [1.807, 2.05) is 13.8 Å². The second kappa shape index (κ2) is 11.1. The zero-order valence-corrected chi connectivity index (χ0v) is 21.1. The molecule has 3 rings (SSSR count). The molecule has 182 valence electrons. The van der Waals surface area contributed by atoms with E-state index >= 15 is 0 Å². The van der Waals surface area contributed by atoms with Crippen molar-refractivity contribution in [1.82, 2.24) is 9.80 Å². The maximum Gasteiger partial charge on any atom is 0.295 e. The van der Waals surface area contributed by atoms with Crippen LogP contribution in [0.1, 0.15) is 31.0 Å². The summed E-state index contributed by atoms with van der Waals surface area (Å²) in [6, 6.07) is 8.90. The number of Topliss-reactive ketones (excluding diaryl/α,β-unsaturated/α-hetero) is 1. The number of aliphatic hydroxyl groups excluding tert-OH is 1. The number of amides is 1. The van der Waals surface area contributed by atoms with Crippen LogP contribution in [0.3, 0.4) is 0 Å². The highest BCUT2D eigenvalue weighted by Crippen LogP contribution is 2.42. The first-order valence-corrected chi connectivity index (χ1v) is 11.7. The van der Waals surface area contributed by atoms with E-state index in [0.29, 0.717) is 40.7 Å². The predicted octanol–water partition coefficient (Wildman–Crippen LogP) is 4.77. The van der Waals surface area contributed by atoms with Crippen LogP contribution < -0.4 is 9.47 Å². The second-order valence-electron chi connectivity index (χ2n) is 7.76. The van der Waals surface area contributed by atoms with E-state index in [1.165, 1.54) is 31.3 Å². The molecule has 0 aromatic heterocycles. The molecule has 1 heterocycles. The number of ketones is 1. The molecule has 1 N–H and O–H groups in total. The van der Waals surface area contributed by atoms with E-state index in [9.17, 15) is 14.7 Å². The summed E-state index contributed by atoms with van der Waals surface area (Å²) in [5.74, 6) is -0.793. The Balaban J connectivity index is 2.17. The molecular weight excluding hydrogens is 479 g/mol. The Kier molecular flexibility index (Phi) is 8.47. The first-order valence-electron chi connectivity index (χ1n) is 10.9. The molecule has 1 atom stereocenters. The van der Waals surface area contributed by atoms with Gasteiger partial charge in [-0.05, 0) is 49.0 Å². The summed E-state index contributed by atoms with van der Waals surface area (Å²) in [5, 5.41) is 11.7. The lowest BCUT2D eigenvalue weighted by Gasteiger charge is -2.28. The molecule has 34 heavy (non-hydrogen) atoms. The van der Waals surface area contributed by atoms with Gasteiger partial charge in [-0.1, -0.05) is 43.1 Å². The van der Waals surface area contributed by atoms with Gasteiger partial charge in [0.2, 0.25) is 0 Å². The van der Waals surface area contributed by atoms with Gasteiger partial charge in [-0.2, -0.15) is 0 Å². The number of likely N-dealkylation sites (tertiary alicyclic amines) is 1. The molecule has 1 amide bonds. The topological polar surface area (TPSA) is 79.3 Å². The van der Waals surface area contributed by atoms with Crippen LogP contribution >= 0.6 is 23.2 Å². The molecule has 1 unspecified atom stereocenters. The van der Waals surface area contributed by atoms with Crippen LogP contribution in [0.15, 0.2) is 42.0 Å². The smallest absolute Gasteiger partial charge is 0.295 e. The van der Waals surface area contributed by atoms with Crippen molar-refractivity contribution >= 4 is 40.7 Å². The summed E-state index contributed by atoms with van der Waals surface area (Å²) in [6.07, 6.45) is 0. The van der Waals surface area contributed by atoms with Crippen LogP contribution in [0.2, 0.25) is 10.0 Å².